The Morgan fingerprint density at radius 2 is 2.14 bits per heavy atom. The number of amides is 3. The Kier molecular flexibility index (Phi) is 7.47. The van der Waals surface area contributed by atoms with Crippen molar-refractivity contribution in [3.8, 4) is 6.07 Å². The molecule has 10 nitrogen and oxygen atoms in total. The fraction of sp³-hybridized carbons (Fsp3) is 0.389. The molecule has 3 amide bonds. The van der Waals surface area contributed by atoms with Crippen molar-refractivity contribution in [2.75, 3.05) is 0 Å². The predicted molar refractivity (Wildman–Crippen MR) is 98.8 cm³/mol. The third-order valence-electron chi connectivity index (χ3n) is 3.86. The van der Waals surface area contributed by atoms with Crippen LogP contribution in [0.1, 0.15) is 37.1 Å². The van der Waals surface area contributed by atoms with Gasteiger partial charge in [0.2, 0.25) is 0 Å². The minimum Gasteiger partial charge on any atom is -0.332 e. The molecule has 0 unspecified atom stereocenters. The molecule has 148 valence electrons. The largest absolute Gasteiger partial charge is 0.332 e. The van der Waals surface area contributed by atoms with E-state index in [4.69, 9.17) is 10.5 Å². The second-order valence-corrected chi connectivity index (χ2v) is 6.70. The van der Waals surface area contributed by atoms with E-state index in [2.05, 4.69) is 27.0 Å². The van der Waals surface area contributed by atoms with Gasteiger partial charge in [-0.05, 0) is 30.0 Å². The lowest BCUT2D eigenvalue weighted by molar-refractivity contribution is -0.131. The van der Waals surface area contributed by atoms with Gasteiger partial charge in [-0.3, -0.25) is 10.0 Å². The van der Waals surface area contributed by atoms with Crippen LogP contribution in [-0.2, 0) is 17.9 Å². The number of nitrogens with zero attached hydrogens (tertiary/aromatic N) is 4. The lowest BCUT2D eigenvalue weighted by Gasteiger charge is -2.18. The molecule has 1 atom stereocenters. The van der Waals surface area contributed by atoms with Crippen LogP contribution in [0.3, 0.4) is 0 Å². The highest BCUT2D eigenvalue weighted by molar-refractivity contribution is 5.86. The predicted octanol–water partition coefficient (Wildman–Crippen LogP) is 0.917. The number of carbonyl (C=O) groups excluding carboxylic acids is 2. The quantitative estimate of drug-likeness (QED) is 0.393. The summed E-state index contributed by atoms with van der Waals surface area (Å²) >= 11 is 0. The van der Waals surface area contributed by atoms with Crippen molar-refractivity contribution < 1.29 is 14.8 Å². The second kappa shape index (κ2) is 10.0. The highest BCUT2D eigenvalue weighted by Gasteiger charge is 2.21. The summed E-state index contributed by atoms with van der Waals surface area (Å²) in [7, 11) is 0. The SMILES string of the molecule is CC(C)C[C@H](NC(=O)NCc1cn(Cc2cccc(C#N)c2)nn1)C(=O)NO. The molecule has 0 bridgehead atoms. The molecule has 0 fully saturated rings. The maximum Gasteiger partial charge on any atom is 0.315 e. The van der Waals surface area contributed by atoms with Gasteiger partial charge < -0.3 is 10.6 Å². The Labute approximate surface area is 162 Å². The second-order valence-electron chi connectivity index (χ2n) is 6.70. The normalized spacial score (nSPS) is 11.5. The fourth-order valence-electron chi connectivity index (χ4n) is 2.58. The van der Waals surface area contributed by atoms with Crippen LogP contribution in [0.2, 0.25) is 0 Å². The van der Waals surface area contributed by atoms with Crippen molar-refractivity contribution in [2.24, 2.45) is 5.92 Å². The van der Waals surface area contributed by atoms with Crippen molar-refractivity contribution in [3.63, 3.8) is 0 Å². The summed E-state index contributed by atoms with van der Waals surface area (Å²) in [5.74, 6) is -0.517. The van der Waals surface area contributed by atoms with Gasteiger partial charge in [0.25, 0.3) is 5.91 Å². The molecule has 0 spiro atoms. The molecule has 1 aromatic heterocycles. The summed E-state index contributed by atoms with van der Waals surface area (Å²) in [5, 5.41) is 30.9. The smallest absolute Gasteiger partial charge is 0.315 e. The van der Waals surface area contributed by atoms with E-state index < -0.39 is 18.0 Å². The van der Waals surface area contributed by atoms with Gasteiger partial charge in [-0.15, -0.1) is 5.10 Å². The van der Waals surface area contributed by atoms with Gasteiger partial charge in [0, 0.05) is 0 Å². The van der Waals surface area contributed by atoms with E-state index in [0.29, 0.717) is 24.2 Å². The van der Waals surface area contributed by atoms with Gasteiger partial charge in [0.1, 0.15) is 11.7 Å². The summed E-state index contributed by atoms with van der Waals surface area (Å²) in [6, 6.07) is 7.88. The van der Waals surface area contributed by atoms with Crippen LogP contribution in [0.4, 0.5) is 4.79 Å². The molecule has 28 heavy (non-hydrogen) atoms. The van der Waals surface area contributed by atoms with Gasteiger partial charge in [-0.2, -0.15) is 5.26 Å². The summed E-state index contributed by atoms with van der Waals surface area (Å²) in [6.45, 7) is 4.38. The van der Waals surface area contributed by atoms with Crippen molar-refractivity contribution in [2.45, 2.75) is 39.4 Å². The third-order valence-corrected chi connectivity index (χ3v) is 3.86. The van der Waals surface area contributed by atoms with Crippen LogP contribution in [0, 0.1) is 17.2 Å². The van der Waals surface area contributed by atoms with E-state index in [0.717, 1.165) is 5.56 Å². The van der Waals surface area contributed by atoms with Gasteiger partial charge in [-0.1, -0.05) is 31.2 Å². The zero-order chi connectivity index (χ0) is 20.5. The first-order valence-electron chi connectivity index (χ1n) is 8.77. The van der Waals surface area contributed by atoms with E-state index in [1.54, 1.807) is 34.6 Å². The molecule has 10 heteroatoms. The van der Waals surface area contributed by atoms with Crippen LogP contribution in [0.5, 0.6) is 0 Å². The number of benzene rings is 1. The summed E-state index contributed by atoms with van der Waals surface area (Å²) in [5.41, 5.74) is 3.58. The Morgan fingerprint density at radius 3 is 2.82 bits per heavy atom. The monoisotopic (exact) mass is 385 g/mol. The summed E-state index contributed by atoms with van der Waals surface area (Å²) < 4.78 is 1.60. The topological polar surface area (TPSA) is 145 Å². The lowest BCUT2D eigenvalue weighted by Crippen LogP contribution is -2.49. The summed E-state index contributed by atoms with van der Waals surface area (Å²) in [4.78, 5) is 23.7. The van der Waals surface area contributed by atoms with Crippen LogP contribution < -0.4 is 16.1 Å². The average molecular weight is 385 g/mol. The molecule has 0 aliphatic rings. The molecule has 2 rings (SSSR count). The highest BCUT2D eigenvalue weighted by atomic mass is 16.5. The standard InChI is InChI=1S/C18H23N7O3/c1-12(2)6-16(17(26)23-28)21-18(27)20-9-15-11-25(24-22-15)10-14-5-3-4-13(7-14)8-19/h3-5,7,11-12,16,28H,6,9-10H2,1-2H3,(H,23,26)(H2,20,21,27)/t16-/m0/s1. The maximum atomic E-state index is 12.0. The van der Waals surface area contributed by atoms with Crippen molar-refractivity contribution >= 4 is 11.9 Å². The van der Waals surface area contributed by atoms with E-state index in [1.165, 1.54) is 0 Å². The molecule has 0 saturated heterocycles. The van der Waals surface area contributed by atoms with Gasteiger partial charge >= 0.3 is 6.03 Å². The number of rotatable bonds is 8. The van der Waals surface area contributed by atoms with E-state index >= 15 is 0 Å². The van der Waals surface area contributed by atoms with Crippen molar-refractivity contribution in [3.05, 3.63) is 47.3 Å². The average Bonchev–Trinajstić information content (AvgIpc) is 3.12. The molecular formula is C18H23N7O3. The van der Waals surface area contributed by atoms with Crippen LogP contribution >= 0.6 is 0 Å². The molecule has 1 aromatic carbocycles. The Morgan fingerprint density at radius 1 is 1.36 bits per heavy atom. The fourth-order valence-corrected chi connectivity index (χ4v) is 2.58. The molecular weight excluding hydrogens is 362 g/mol. The minimum atomic E-state index is -0.840. The number of aromatic nitrogens is 3. The zero-order valence-electron chi connectivity index (χ0n) is 15.7. The van der Waals surface area contributed by atoms with Gasteiger partial charge in [0.05, 0.1) is 30.9 Å². The first-order valence-corrected chi connectivity index (χ1v) is 8.77. The van der Waals surface area contributed by atoms with E-state index in [9.17, 15) is 9.59 Å². The van der Waals surface area contributed by atoms with Crippen LogP contribution in [0.25, 0.3) is 0 Å². The molecule has 1 heterocycles. The highest BCUT2D eigenvalue weighted by Crippen LogP contribution is 2.07. The minimum absolute atomic E-state index is 0.124. The maximum absolute atomic E-state index is 12.0. The molecule has 4 N–H and O–H groups in total. The number of nitrogens with one attached hydrogen (secondary N) is 3. The molecule has 0 saturated carbocycles. The van der Waals surface area contributed by atoms with Crippen LogP contribution in [0.15, 0.2) is 30.5 Å². The molecule has 0 aliphatic carbocycles. The number of carbonyl (C=O) groups is 2. The van der Waals surface area contributed by atoms with Crippen molar-refractivity contribution in [1.29, 1.82) is 5.26 Å². The Bertz CT molecular complexity index is 857. The number of nitriles is 1. The molecule has 2 aromatic rings. The van der Waals surface area contributed by atoms with Gasteiger partial charge in [0.15, 0.2) is 0 Å². The van der Waals surface area contributed by atoms with Gasteiger partial charge in [-0.25, -0.2) is 15.0 Å². The first kappa shape index (κ1) is 20.9. The molecule has 0 aliphatic heterocycles. The zero-order valence-corrected chi connectivity index (χ0v) is 15.7. The Hall–Kier alpha value is -3.45. The van der Waals surface area contributed by atoms with E-state index in [-0.39, 0.29) is 12.5 Å². The number of urea groups is 1. The third kappa shape index (κ3) is 6.37. The number of hydroxylamine groups is 1. The van der Waals surface area contributed by atoms with Crippen molar-refractivity contribution in [1.82, 2.24) is 31.1 Å². The van der Waals surface area contributed by atoms with E-state index in [1.807, 2.05) is 19.9 Å². The Balaban J connectivity index is 1.88. The summed E-state index contributed by atoms with van der Waals surface area (Å²) in [6.07, 6.45) is 2.07. The molecule has 0 radical (unpaired) electrons. The lowest BCUT2D eigenvalue weighted by atomic mass is 10.0. The number of hydrogen-bond acceptors (Lipinski definition) is 6. The first-order chi connectivity index (χ1) is 13.4. The van der Waals surface area contributed by atoms with Crippen LogP contribution in [-0.4, -0.2) is 38.2 Å². The number of hydrogen-bond donors (Lipinski definition) is 4.